The second-order valence-corrected chi connectivity index (χ2v) is 43.3. The minimum absolute atomic E-state index is 0. The van der Waals surface area contributed by atoms with E-state index in [1.54, 1.807) is 0 Å². The summed E-state index contributed by atoms with van der Waals surface area (Å²) in [6.07, 6.45) is 5.11. The summed E-state index contributed by atoms with van der Waals surface area (Å²) >= 11 is 0. The molecule has 4 aromatic carbocycles. The van der Waals surface area contributed by atoms with Crippen molar-refractivity contribution in [2.24, 2.45) is 0 Å². The summed E-state index contributed by atoms with van der Waals surface area (Å²) in [6.45, 7) is 31.8. The van der Waals surface area contributed by atoms with Crippen molar-refractivity contribution in [2.45, 2.75) is 104 Å². The molecule has 0 aromatic heterocycles. The Morgan fingerprint density at radius 1 is 0.333 bits per heavy atom. The molecule has 4 aromatic rings. The van der Waals surface area contributed by atoms with Crippen LogP contribution in [0.2, 0.25) is 78.6 Å². The molecule has 6 rings (SSSR count). The van der Waals surface area contributed by atoms with E-state index >= 15 is 0 Å². The van der Waals surface area contributed by atoms with Crippen molar-refractivity contribution in [3.8, 4) is 0 Å². The molecule has 0 bridgehead atoms. The van der Waals surface area contributed by atoms with Crippen molar-refractivity contribution in [1.29, 1.82) is 0 Å². The van der Waals surface area contributed by atoms with Gasteiger partial charge in [0.2, 0.25) is 0 Å². The number of benzene rings is 4. The van der Waals surface area contributed by atoms with E-state index in [4.69, 9.17) is 28.5 Å². The molecule has 2 fully saturated rings. The molecule has 2 heterocycles. The van der Waals surface area contributed by atoms with Gasteiger partial charge >= 0.3 is 0 Å². The van der Waals surface area contributed by atoms with Crippen LogP contribution in [-0.2, 0) is 9.47 Å². The Morgan fingerprint density at radius 2 is 0.509 bits per heavy atom. The van der Waals surface area contributed by atoms with Gasteiger partial charge in [-0.3, -0.25) is 0 Å². The zero-order chi connectivity index (χ0) is 41.4. The molecule has 0 radical (unpaired) electrons. The van der Waals surface area contributed by atoms with Crippen LogP contribution < -0.4 is 21.2 Å². The maximum Gasteiger partial charge on any atom is 0.0705 e. The van der Waals surface area contributed by atoms with Gasteiger partial charge in [0.15, 0.2) is 0 Å². The first-order chi connectivity index (χ1) is 26.2. The van der Waals surface area contributed by atoms with E-state index in [-0.39, 0.29) is 46.9 Å². The third kappa shape index (κ3) is 20.1. The Hall–Kier alpha value is -0.113. The van der Waals surface area contributed by atoms with E-state index in [9.17, 15) is 0 Å². The molecule has 322 valence electrons. The third-order valence-corrected chi connectivity index (χ3v) is 26.2. The van der Waals surface area contributed by atoms with Crippen molar-refractivity contribution in [3.63, 3.8) is 0 Å². The minimum atomic E-state index is -2.07. The molecule has 6 nitrogen and oxygen atoms in total. The second kappa shape index (κ2) is 25.1. The number of ether oxygens (including phenoxy) is 2. The predicted molar refractivity (Wildman–Crippen MR) is 265 cm³/mol. The van der Waals surface area contributed by atoms with Gasteiger partial charge in [-0.1, -0.05) is 166 Å². The minimum Gasteiger partial charge on any atom is -0.497 e. The van der Waals surface area contributed by atoms with Crippen LogP contribution in [0.3, 0.4) is 0 Å². The van der Waals surface area contributed by atoms with Crippen LogP contribution in [0.5, 0.6) is 0 Å². The largest absolute Gasteiger partial charge is 0.497 e. The van der Waals surface area contributed by atoms with Crippen LogP contribution >= 0.6 is 15.1 Å². The van der Waals surface area contributed by atoms with E-state index in [1.807, 2.05) is 0 Å². The number of rotatable bonds is 12. The molecule has 0 N–H and O–H groups in total. The van der Waals surface area contributed by atoms with Crippen LogP contribution in [-0.4, -0.2) is 59.4 Å². The van der Waals surface area contributed by atoms with Crippen molar-refractivity contribution in [2.75, 3.05) is 26.4 Å². The van der Waals surface area contributed by atoms with Crippen molar-refractivity contribution in [3.05, 3.63) is 140 Å². The summed E-state index contributed by atoms with van der Waals surface area (Å²) in [6, 6.07) is 43.0. The van der Waals surface area contributed by atoms with Gasteiger partial charge in [-0.15, -0.1) is 0 Å². The fourth-order valence-corrected chi connectivity index (χ4v) is 27.8. The smallest absolute Gasteiger partial charge is 0.0705 e. The normalized spacial score (nSPS) is 14.8. The van der Waals surface area contributed by atoms with E-state index in [1.165, 1.54) is 46.9 Å². The van der Waals surface area contributed by atoms with Crippen LogP contribution in [0.25, 0.3) is 19.0 Å². The number of hydrogen-bond acceptors (Lipinski definition) is 2. The Bertz CT molecular complexity index is 1390. The van der Waals surface area contributed by atoms with Crippen molar-refractivity contribution in [1.82, 2.24) is 0 Å². The van der Waals surface area contributed by atoms with Gasteiger partial charge < -0.3 is 28.5 Å². The zero-order valence-corrected chi connectivity index (χ0v) is 44.5. The SMILES string of the molecule is C1CCOC1.C1CCOC1.C[Si](C)(C)[N-][P+]([N-][Si](C)(C)C)(c1ccccc1)c1ccccc1.C[Si](C)(C)[N-][P+]([N-][Si](C)(C)C)(c1ccccc1)c1ccccc1.[Yb]. The van der Waals surface area contributed by atoms with E-state index < -0.39 is 48.1 Å². The van der Waals surface area contributed by atoms with Gasteiger partial charge in [-0.25, -0.2) is 0 Å². The predicted octanol–water partition coefficient (Wildman–Crippen LogP) is 13.4. The average molecular weight is 1040 g/mol. The van der Waals surface area contributed by atoms with Crippen molar-refractivity contribution >= 4 is 69.3 Å². The van der Waals surface area contributed by atoms with Crippen LogP contribution in [0.15, 0.2) is 121 Å². The zero-order valence-electron chi connectivity index (χ0n) is 37.0. The summed E-state index contributed by atoms with van der Waals surface area (Å²) in [5.74, 6) is 0. The van der Waals surface area contributed by atoms with Gasteiger partial charge in [0, 0.05) is 73.4 Å². The molecule has 2 aliphatic rings. The van der Waals surface area contributed by atoms with Gasteiger partial charge in [0.25, 0.3) is 0 Å². The quantitative estimate of drug-likeness (QED) is 0.105. The first kappa shape index (κ1) is 53.0. The van der Waals surface area contributed by atoms with Crippen molar-refractivity contribution < 1.29 is 56.4 Å². The molecule has 0 spiro atoms. The first-order valence-corrected chi connectivity index (χ1v) is 37.6. The van der Waals surface area contributed by atoms with Gasteiger partial charge in [-0.2, -0.15) is 0 Å². The Kier molecular flexibility index (Phi) is 23.4. The fourth-order valence-electron chi connectivity index (χ4n) is 6.11. The Labute approximate surface area is 392 Å². The average Bonchev–Trinajstić information content (AvgIpc) is 3.91. The van der Waals surface area contributed by atoms with Crippen LogP contribution in [0, 0.1) is 46.9 Å². The molecular weight excluding hydrogens is 964 g/mol. The Balaban J connectivity index is 0.000000310. The maximum absolute atomic E-state index is 5.48. The standard InChI is InChI=1S/2C18H28N2PSi2.2C4H8O.Yb/c2*1-22(2,3)19-21(20-23(4,5)6,17-13-9-7-10-14-17)18-15-11-8-12-16-18;2*1-2-4-5-3-1;/h2*7-16H,1-6H3;2*1-4H2;/q2*-1;;;. The van der Waals surface area contributed by atoms with Gasteiger partial charge in [-0.05, 0) is 107 Å². The van der Waals surface area contributed by atoms with E-state index in [2.05, 4.69) is 200 Å². The second-order valence-electron chi connectivity index (χ2n) is 18.3. The van der Waals surface area contributed by atoms with E-state index in [0.29, 0.717) is 0 Å². The number of hydrogen-bond donors (Lipinski definition) is 0. The first-order valence-electron chi connectivity index (χ1n) is 20.4. The molecule has 2 aliphatic heterocycles. The van der Waals surface area contributed by atoms with E-state index in [0.717, 1.165) is 26.4 Å². The molecule has 0 saturated carbocycles. The molecular formula is C44H72N4O2P2Si4Yb-2. The molecule has 0 unspecified atom stereocenters. The van der Waals surface area contributed by atoms with Gasteiger partial charge in [0.05, 0.1) is 21.2 Å². The fraction of sp³-hybridized carbons (Fsp3) is 0.455. The van der Waals surface area contributed by atoms with Gasteiger partial charge in [0.1, 0.15) is 0 Å². The number of nitrogens with zero attached hydrogens (tertiary/aromatic N) is 4. The summed E-state index contributed by atoms with van der Waals surface area (Å²) in [7, 11) is -10.8. The molecule has 0 amide bonds. The molecule has 0 aliphatic carbocycles. The van der Waals surface area contributed by atoms with Crippen LogP contribution in [0.1, 0.15) is 25.7 Å². The summed E-state index contributed by atoms with van der Waals surface area (Å²) < 4.78 is 31.8. The molecule has 0 atom stereocenters. The summed E-state index contributed by atoms with van der Waals surface area (Å²) in [4.78, 5) is 0. The molecule has 57 heavy (non-hydrogen) atoms. The summed E-state index contributed by atoms with van der Waals surface area (Å²) in [5.41, 5.74) is 0. The van der Waals surface area contributed by atoms with Crippen LogP contribution in [0.4, 0.5) is 0 Å². The molecule has 13 heteroatoms. The maximum atomic E-state index is 5.48. The summed E-state index contributed by atoms with van der Waals surface area (Å²) in [5, 5.41) is 5.15. The topological polar surface area (TPSA) is 74.9 Å². The third-order valence-electron chi connectivity index (χ3n) is 7.90. The monoisotopic (exact) mass is 1040 g/mol. The Morgan fingerprint density at radius 3 is 0.632 bits per heavy atom. The molecule has 2 saturated heterocycles.